The van der Waals surface area contributed by atoms with Crippen LogP contribution < -0.4 is 0 Å². The van der Waals surface area contributed by atoms with Gasteiger partial charge in [-0.2, -0.15) is 0 Å². The number of benzene rings is 1. The summed E-state index contributed by atoms with van der Waals surface area (Å²) in [7, 11) is 0. The molecule has 0 saturated heterocycles. The highest BCUT2D eigenvalue weighted by atomic mass is 19.1. The number of nitrogens with one attached hydrogen (secondary N) is 1. The molecule has 5 nitrogen and oxygen atoms in total. The molecule has 0 aliphatic rings. The first-order valence-electron chi connectivity index (χ1n) is 4.12. The molecule has 0 saturated carbocycles. The highest BCUT2D eigenvalue weighted by Gasteiger charge is 2.11. The number of halogens is 1. The zero-order valence-electron chi connectivity index (χ0n) is 7.48. The summed E-state index contributed by atoms with van der Waals surface area (Å²) in [5.41, 5.74) is 0.601. The quantitative estimate of drug-likeness (QED) is 0.605. The Morgan fingerprint density at radius 2 is 2.00 bits per heavy atom. The van der Waals surface area contributed by atoms with Crippen LogP contribution in [0.25, 0.3) is 11.4 Å². The van der Waals surface area contributed by atoms with Gasteiger partial charge in [0.25, 0.3) is 0 Å². The molecule has 2 rings (SSSR count). The van der Waals surface area contributed by atoms with E-state index < -0.39 is 4.92 Å². The van der Waals surface area contributed by atoms with E-state index in [0.29, 0.717) is 11.4 Å². The summed E-state index contributed by atoms with van der Waals surface area (Å²) in [5.74, 6) is -0.198. The minimum atomic E-state index is -0.569. The Morgan fingerprint density at radius 3 is 2.53 bits per heavy atom. The molecule has 0 atom stereocenters. The SMILES string of the molecule is O=[N+]([O-])c1cnc(-c2ccc(F)cc2)[nH]1. The van der Waals surface area contributed by atoms with E-state index in [4.69, 9.17) is 0 Å². The first-order chi connectivity index (χ1) is 7.16. The molecule has 0 fully saturated rings. The third-order valence-corrected chi connectivity index (χ3v) is 1.88. The van der Waals surface area contributed by atoms with Crippen LogP contribution in [0, 0.1) is 15.9 Å². The van der Waals surface area contributed by atoms with Crippen LogP contribution >= 0.6 is 0 Å². The molecule has 1 aromatic heterocycles. The largest absolute Gasteiger partial charge is 0.358 e. The van der Waals surface area contributed by atoms with Crippen LogP contribution in [0.4, 0.5) is 10.2 Å². The van der Waals surface area contributed by atoms with Crippen molar-refractivity contribution in [2.24, 2.45) is 0 Å². The van der Waals surface area contributed by atoms with Crippen molar-refractivity contribution in [1.82, 2.24) is 9.97 Å². The van der Waals surface area contributed by atoms with Gasteiger partial charge in [0, 0.05) is 5.56 Å². The topological polar surface area (TPSA) is 71.8 Å². The molecule has 1 N–H and O–H groups in total. The van der Waals surface area contributed by atoms with Crippen molar-refractivity contribution in [1.29, 1.82) is 0 Å². The second-order valence-corrected chi connectivity index (χ2v) is 2.88. The Hall–Kier alpha value is -2.24. The lowest BCUT2D eigenvalue weighted by atomic mass is 10.2. The van der Waals surface area contributed by atoms with Crippen molar-refractivity contribution in [2.75, 3.05) is 0 Å². The molecule has 0 spiro atoms. The summed E-state index contributed by atoms with van der Waals surface area (Å²) in [6, 6.07) is 5.53. The van der Waals surface area contributed by atoms with Crippen molar-refractivity contribution < 1.29 is 9.31 Å². The van der Waals surface area contributed by atoms with E-state index in [0.717, 1.165) is 6.20 Å². The molecule has 1 aromatic carbocycles. The Labute approximate surface area is 83.7 Å². The Kier molecular flexibility index (Phi) is 2.17. The molecule has 76 valence electrons. The summed E-state index contributed by atoms with van der Waals surface area (Å²) < 4.78 is 12.6. The molecule has 0 radical (unpaired) electrons. The summed E-state index contributed by atoms with van der Waals surface area (Å²) in [6.45, 7) is 0. The van der Waals surface area contributed by atoms with Crippen LogP contribution in [0.5, 0.6) is 0 Å². The zero-order valence-corrected chi connectivity index (χ0v) is 7.48. The van der Waals surface area contributed by atoms with Gasteiger partial charge in [-0.05, 0) is 29.2 Å². The summed E-state index contributed by atoms with van der Waals surface area (Å²) in [6.07, 6.45) is 1.12. The van der Waals surface area contributed by atoms with Gasteiger partial charge in [0.2, 0.25) is 5.82 Å². The second-order valence-electron chi connectivity index (χ2n) is 2.88. The number of rotatable bonds is 2. The smallest absolute Gasteiger partial charge is 0.340 e. The van der Waals surface area contributed by atoms with E-state index in [9.17, 15) is 14.5 Å². The lowest BCUT2D eigenvalue weighted by molar-refractivity contribution is -0.389. The number of nitrogens with zero attached hydrogens (tertiary/aromatic N) is 2. The Bertz CT molecular complexity index is 492. The van der Waals surface area contributed by atoms with Crippen molar-refractivity contribution in [2.45, 2.75) is 0 Å². The van der Waals surface area contributed by atoms with E-state index in [2.05, 4.69) is 9.97 Å². The fourth-order valence-electron chi connectivity index (χ4n) is 1.16. The van der Waals surface area contributed by atoms with E-state index in [1.165, 1.54) is 24.3 Å². The average Bonchev–Trinajstić information content (AvgIpc) is 2.68. The molecule has 6 heteroatoms. The van der Waals surface area contributed by atoms with E-state index >= 15 is 0 Å². The molecule has 0 unspecified atom stereocenters. The molecule has 0 bridgehead atoms. The van der Waals surface area contributed by atoms with E-state index in [-0.39, 0.29) is 11.6 Å². The zero-order chi connectivity index (χ0) is 10.8. The molecule has 0 aliphatic carbocycles. The van der Waals surface area contributed by atoms with E-state index in [1.54, 1.807) is 0 Å². The second kappa shape index (κ2) is 3.49. The highest BCUT2D eigenvalue weighted by Crippen LogP contribution is 2.18. The van der Waals surface area contributed by atoms with Crippen molar-refractivity contribution in [3.8, 4) is 11.4 Å². The first-order valence-corrected chi connectivity index (χ1v) is 4.12. The van der Waals surface area contributed by atoms with E-state index in [1.807, 2.05) is 0 Å². The number of hydrogen-bond acceptors (Lipinski definition) is 3. The number of aromatic nitrogens is 2. The Balaban J connectivity index is 2.37. The number of aromatic amines is 1. The van der Waals surface area contributed by atoms with Gasteiger partial charge in [0.15, 0.2) is 0 Å². The molecule has 2 aromatic rings. The van der Waals surface area contributed by atoms with Gasteiger partial charge in [-0.3, -0.25) is 0 Å². The molecule has 0 amide bonds. The minimum Gasteiger partial charge on any atom is -0.358 e. The first kappa shape index (κ1) is 9.32. The van der Waals surface area contributed by atoms with Crippen LogP contribution in [0.2, 0.25) is 0 Å². The van der Waals surface area contributed by atoms with Crippen molar-refractivity contribution in [3.63, 3.8) is 0 Å². The molecule has 15 heavy (non-hydrogen) atoms. The average molecular weight is 207 g/mol. The Morgan fingerprint density at radius 1 is 1.33 bits per heavy atom. The van der Waals surface area contributed by atoms with Gasteiger partial charge in [-0.1, -0.05) is 0 Å². The highest BCUT2D eigenvalue weighted by molar-refractivity contribution is 5.56. The number of nitro groups is 1. The molecule has 1 heterocycles. The van der Waals surface area contributed by atoms with Crippen LogP contribution in [0.1, 0.15) is 0 Å². The predicted molar refractivity (Wildman–Crippen MR) is 50.6 cm³/mol. The number of hydrogen-bond donors (Lipinski definition) is 1. The molecular formula is C9H6FN3O2. The summed E-state index contributed by atoms with van der Waals surface area (Å²) in [5, 5.41) is 10.4. The maximum Gasteiger partial charge on any atom is 0.340 e. The fraction of sp³-hybridized carbons (Fsp3) is 0. The van der Waals surface area contributed by atoms with Crippen LogP contribution in [-0.2, 0) is 0 Å². The number of imidazole rings is 1. The van der Waals surface area contributed by atoms with Crippen LogP contribution in [-0.4, -0.2) is 14.9 Å². The van der Waals surface area contributed by atoms with Crippen LogP contribution in [0.15, 0.2) is 30.5 Å². The van der Waals surface area contributed by atoms with Gasteiger partial charge in [0.05, 0.1) is 0 Å². The van der Waals surface area contributed by atoms with Crippen molar-refractivity contribution >= 4 is 5.82 Å². The third kappa shape index (κ3) is 1.83. The number of H-pyrrole nitrogens is 1. The summed E-state index contributed by atoms with van der Waals surface area (Å²) >= 11 is 0. The minimum absolute atomic E-state index is 0.186. The van der Waals surface area contributed by atoms with Gasteiger partial charge in [-0.25, -0.2) is 14.4 Å². The van der Waals surface area contributed by atoms with Gasteiger partial charge in [-0.15, -0.1) is 0 Å². The lowest BCUT2D eigenvalue weighted by Crippen LogP contribution is -1.87. The standard InChI is InChI=1S/C9H6FN3O2/c10-7-3-1-6(2-4-7)9-11-5-8(12-9)13(14)15/h1-5H,(H,11,12). The maximum atomic E-state index is 12.6. The normalized spacial score (nSPS) is 10.2. The van der Waals surface area contributed by atoms with Gasteiger partial charge < -0.3 is 10.1 Å². The lowest BCUT2D eigenvalue weighted by Gasteiger charge is -1.92. The van der Waals surface area contributed by atoms with Crippen LogP contribution in [0.3, 0.4) is 0 Å². The molecular weight excluding hydrogens is 201 g/mol. The summed E-state index contributed by atoms with van der Waals surface area (Å²) in [4.78, 5) is 16.1. The fourth-order valence-corrected chi connectivity index (χ4v) is 1.16. The molecule has 0 aliphatic heterocycles. The van der Waals surface area contributed by atoms with Gasteiger partial charge in [0.1, 0.15) is 12.0 Å². The predicted octanol–water partition coefficient (Wildman–Crippen LogP) is 2.12. The van der Waals surface area contributed by atoms with Gasteiger partial charge >= 0.3 is 5.82 Å². The maximum absolute atomic E-state index is 12.6. The van der Waals surface area contributed by atoms with Crippen molar-refractivity contribution in [3.05, 3.63) is 46.4 Å². The monoisotopic (exact) mass is 207 g/mol. The third-order valence-electron chi connectivity index (χ3n) is 1.88.